The van der Waals surface area contributed by atoms with Gasteiger partial charge in [-0.25, -0.2) is 0 Å². The molecule has 0 aliphatic carbocycles. The van der Waals surface area contributed by atoms with Gasteiger partial charge in [0.05, 0.1) is 18.4 Å². The highest BCUT2D eigenvalue weighted by Crippen LogP contribution is 2.12. The number of carbonyl (C=O) groups excluding carboxylic acids is 1. The molecule has 0 atom stereocenters. The van der Waals surface area contributed by atoms with Gasteiger partial charge in [0.25, 0.3) is 5.91 Å². The summed E-state index contributed by atoms with van der Waals surface area (Å²) < 4.78 is 5.16. The van der Waals surface area contributed by atoms with E-state index < -0.39 is 0 Å². The number of amides is 1. The summed E-state index contributed by atoms with van der Waals surface area (Å²) in [6.45, 7) is 1.40. The number of methoxy groups -OCH3 is 1. The molecule has 2 N–H and O–H groups in total. The van der Waals surface area contributed by atoms with Gasteiger partial charge in [0, 0.05) is 25.5 Å². The van der Waals surface area contributed by atoms with Crippen molar-refractivity contribution in [2.24, 2.45) is 0 Å². The largest absolute Gasteiger partial charge is 0.497 e. The van der Waals surface area contributed by atoms with Crippen molar-refractivity contribution in [2.75, 3.05) is 25.5 Å². The average Bonchev–Trinajstić information content (AvgIpc) is 2.78. The van der Waals surface area contributed by atoms with E-state index in [1.807, 2.05) is 36.4 Å². The molecule has 150 valence electrons. The highest BCUT2D eigenvalue weighted by molar-refractivity contribution is 5.94. The lowest BCUT2D eigenvalue weighted by molar-refractivity contribution is 0.0954. The fraction of sp³-hybridized carbons (Fsp3) is 0.250. The second-order valence-electron chi connectivity index (χ2n) is 6.83. The molecular formula is C24H27N3O2. The van der Waals surface area contributed by atoms with Crippen molar-refractivity contribution in [1.29, 1.82) is 0 Å². The summed E-state index contributed by atoms with van der Waals surface area (Å²) >= 11 is 0. The molecule has 3 rings (SSSR count). The molecule has 0 saturated carbocycles. The number of hydrogen-bond acceptors (Lipinski definition) is 4. The molecule has 2 aromatic carbocycles. The molecule has 1 aromatic heterocycles. The van der Waals surface area contributed by atoms with Crippen LogP contribution in [-0.4, -0.2) is 31.1 Å². The standard InChI is InChI=1S/C24H27N3O2/c1-29-23-11-9-20(10-12-23)13-15-27-24(28)21-16-22(18-25-17-21)26-14-5-8-19-6-3-2-4-7-19/h2-4,6-7,9-12,16-18,26H,5,8,13-15H2,1H3,(H,27,28). The number of aromatic nitrogens is 1. The smallest absolute Gasteiger partial charge is 0.252 e. The van der Waals surface area contributed by atoms with E-state index in [1.54, 1.807) is 19.5 Å². The minimum absolute atomic E-state index is 0.112. The summed E-state index contributed by atoms with van der Waals surface area (Å²) in [5.74, 6) is 0.718. The zero-order valence-corrected chi connectivity index (χ0v) is 16.7. The van der Waals surface area contributed by atoms with Gasteiger partial charge in [-0.15, -0.1) is 0 Å². The molecular weight excluding hydrogens is 362 g/mol. The van der Waals surface area contributed by atoms with Crippen LogP contribution in [0.2, 0.25) is 0 Å². The first-order valence-electron chi connectivity index (χ1n) is 9.88. The van der Waals surface area contributed by atoms with Gasteiger partial charge in [-0.1, -0.05) is 42.5 Å². The van der Waals surface area contributed by atoms with Gasteiger partial charge >= 0.3 is 0 Å². The van der Waals surface area contributed by atoms with E-state index in [0.29, 0.717) is 12.1 Å². The van der Waals surface area contributed by atoms with Gasteiger partial charge in [0.1, 0.15) is 5.75 Å². The molecule has 0 spiro atoms. The molecule has 5 nitrogen and oxygen atoms in total. The number of nitrogens with zero attached hydrogens (tertiary/aromatic N) is 1. The van der Waals surface area contributed by atoms with Gasteiger partial charge in [-0.3, -0.25) is 9.78 Å². The van der Waals surface area contributed by atoms with Crippen molar-refractivity contribution >= 4 is 11.6 Å². The van der Waals surface area contributed by atoms with E-state index in [2.05, 4.69) is 39.9 Å². The second-order valence-corrected chi connectivity index (χ2v) is 6.83. The molecule has 1 heterocycles. The van der Waals surface area contributed by atoms with Crippen LogP contribution < -0.4 is 15.4 Å². The molecule has 5 heteroatoms. The van der Waals surface area contributed by atoms with Crippen molar-refractivity contribution < 1.29 is 9.53 Å². The first kappa shape index (κ1) is 20.4. The van der Waals surface area contributed by atoms with Gasteiger partial charge in [0.2, 0.25) is 0 Å². The van der Waals surface area contributed by atoms with Crippen LogP contribution >= 0.6 is 0 Å². The Hall–Kier alpha value is -3.34. The fourth-order valence-electron chi connectivity index (χ4n) is 3.05. The molecule has 0 saturated heterocycles. The Bertz CT molecular complexity index is 896. The highest BCUT2D eigenvalue weighted by Gasteiger charge is 2.07. The second kappa shape index (κ2) is 10.9. The first-order chi connectivity index (χ1) is 14.2. The van der Waals surface area contributed by atoms with E-state index in [4.69, 9.17) is 4.74 Å². The number of pyridine rings is 1. The Morgan fingerprint density at radius 1 is 0.931 bits per heavy atom. The number of rotatable bonds is 10. The van der Waals surface area contributed by atoms with Gasteiger partial charge < -0.3 is 15.4 Å². The third-order valence-corrected chi connectivity index (χ3v) is 4.67. The van der Waals surface area contributed by atoms with Crippen LogP contribution in [-0.2, 0) is 12.8 Å². The van der Waals surface area contributed by atoms with Gasteiger partial charge in [0.15, 0.2) is 0 Å². The van der Waals surface area contributed by atoms with Crippen LogP contribution in [0.5, 0.6) is 5.75 Å². The van der Waals surface area contributed by atoms with Crippen molar-refractivity contribution in [3.63, 3.8) is 0 Å². The molecule has 0 bridgehead atoms. The normalized spacial score (nSPS) is 10.4. The Morgan fingerprint density at radius 2 is 1.69 bits per heavy atom. The van der Waals surface area contributed by atoms with Crippen LogP contribution in [0.1, 0.15) is 27.9 Å². The number of aryl methyl sites for hydroxylation is 1. The summed E-state index contributed by atoms with van der Waals surface area (Å²) in [5.41, 5.74) is 3.91. The minimum Gasteiger partial charge on any atom is -0.497 e. The lowest BCUT2D eigenvalue weighted by Gasteiger charge is -2.09. The van der Waals surface area contributed by atoms with E-state index in [-0.39, 0.29) is 5.91 Å². The number of carbonyl (C=O) groups is 1. The third kappa shape index (κ3) is 6.64. The molecule has 0 unspecified atom stereocenters. The van der Waals surface area contributed by atoms with E-state index in [1.165, 1.54) is 5.56 Å². The highest BCUT2D eigenvalue weighted by atomic mass is 16.5. The summed E-state index contributed by atoms with van der Waals surface area (Å²) in [5, 5.41) is 6.30. The predicted molar refractivity (Wildman–Crippen MR) is 117 cm³/mol. The maximum absolute atomic E-state index is 12.4. The Morgan fingerprint density at radius 3 is 2.45 bits per heavy atom. The summed E-state index contributed by atoms with van der Waals surface area (Å²) in [4.78, 5) is 16.6. The number of ether oxygens (including phenoxy) is 1. The Kier molecular flexibility index (Phi) is 7.63. The van der Waals surface area contributed by atoms with Gasteiger partial charge in [-0.2, -0.15) is 0 Å². The maximum atomic E-state index is 12.4. The number of hydrogen-bond donors (Lipinski definition) is 2. The van der Waals surface area contributed by atoms with Crippen molar-refractivity contribution in [3.8, 4) is 5.75 Å². The molecule has 0 aliphatic heterocycles. The average molecular weight is 389 g/mol. The van der Waals surface area contributed by atoms with Gasteiger partial charge in [-0.05, 0) is 48.6 Å². The third-order valence-electron chi connectivity index (χ3n) is 4.67. The summed E-state index contributed by atoms with van der Waals surface area (Å²) in [7, 11) is 1.65. The van der Waals surface area contributed by atoms with Crippen molar-refractivity contribution in [1.82, 2.24) is 10.3 Å². The zero-order chi connectivity index (χ0) is 20.3. The molecule has 1 amide bonds. The molecule has 0 aliphatic rings. The quantitative estimate of drug-likeness (QED) is 0.512. The predicted octanol–water partition coefficient (Wildman–Crippen LogP) is 4.11. The van der Waals surface area contributed by atoms with Crippen LogP contribution in [0.3, 0.4) is 0 Å². The monoisotopic (exact) mass is 389 g/mol. The zero-order valence-electron chi connectivity index (χ0n) is 16.7. The SMILES string of the molecule is COc1ccc(CCNC(=O)c2cncc(NCCCc3ccccc3)c2)cc1. The van der Waals surface area contributed by atoms with Crippen molar-refractivity contribution in [2.45, 2.75) is 19.3 Å². The molecule has 29 heavy (non-hydrogen) atoms. The summed E-state index contributed by atoms with van der Waals surface area (Å²) in [6, 6.07) is 20.1. The lowest BCUT2D eigenvalue weighted by Crippen LogP contribution is -2.25. The topological polar surface area (TPSA) is 63.2 Å². The van der Waals surface area contributed by atoms with E-state index >= 15 is 0 Å². The van der Waals surface area contributed by atoms with E-state index in [9.17, 15) is 4.79 Å². The lowest BCUT2D eigenvalue weighted by atomic mass is 10.1. The number of nitrogens with one attached hydrogen (secondary N) is 2. The Labute approximate surface area is 172 Å². The summed E-state index contributed by atoms with van der Waals surface area (Å²) in [6.07, 6.45) is 6.14. The van der Waals surface area contributed by atoms with Crippen molar-refractivity contribution in [3.05, 3.63) is 89.7 Å². The van der Waals surface area contributed by atoms with Crippen LogP contribution in [0.25, 0.3) is 0 Å². The van der Waals surface area contributed by atoms with Crippen LogP contribution in [0, 0.1) is 0 Å². The molecule has 0 fully saturated rings. The van der Waals surface area contributed by atoms with Crippen LogP contribution in [0.4, 0.5) is 5.69 Å². The molecule has 0 radical (unpaired) electrons. The molecule has 3 aromatic rings. The first-order valence-corrected chi connectivity index (χ1v) is 9.88. The Balaban J connectivity index is 1.42. The number of anilines is 1. The minimum atomic E-state index is -0.112. The fourth-order valence-corrected chi connectivity index (χ4v) is 3.05. The maximum Gasteiger partial charge on any atom is 0.252 e. The van der Waals surface area contributed by atoms with E-state index in [0.717, 1.165) is 42.8 Å². The van der Waals surface area contributed by atoms with Crippen LogP contribution in [0.15, 0.2) is 73.1 Å². The number of benzene rings is 2.